The van der Waals surface area contributed by atoms with E-state index in [9.17, 15) is 24.5 Å². The van der Waals surface area contributed by atoms with Crippen LogP contribution in [0.2, 0.25) is 0 Å². The zero-order valence-electron chi connectivity index (χ0n) is 15.0. The number of fused-ring (bicyclic) bond motifs is 1. The Bertz CT molecular complexity index is 1110. The second-order valence-electron chi connectivity index (χ2n) is 5.78. The summed E-state index contributed by atoms with van der Waals surface area (Å²) < 4.78 is 10.3. The largest absolute Gasteiger partial charge is 0.465 e. The van der Waals surface area contributed by atoms with E-state index in [4.69, 9.17) is 4.74 Å². The fourth-order valence-corrected chi connectivity index (χ4v) is 3.39. The summed E-state index contributed by atoms with van der Waals surface area (Å²) in [7, 11) is 1.27. The minimum absolute atomic E-state index is 0.0761. The van der Waals surface area contributed by atoms with Gasteiger partial charge in [-0.3, -0.25) is 14.9 Å². The second-order valence-corrected chi connectivity index (χ2v) is 6.87. The van der Waals surface area contributed by atoms with Gasteiger partial charge in [-0.2, -0.15) is 0 Å². The van der Waals surface area contributed by atoms with Crippen molar-refractivity contribution >= 4 is 50.6 Å². The molecule has 1 amide bonds. The molecule has 0 atom stereocenters. The number of nitrogens with zero attached hydrogens (tertiary/aromatic N) is 1. The van der Waals surface area contributed by atoms with Crippen LogP contribution in [0.4, 0.5) is 11.4 Å². The number of carbonyl (C=O) groups excluding carboxylic acids is 3. The number of nitro groups is 1. The molecule has 9 nitrogen and oxygen atoms in total. The predicted octanol–water partition coefficient (Wildman–Crippen LogP) is 3.39. The monoisotopic (exact) mass is 414 g/mol. The van der Waals surface area contributed by atoms with Crippen molar-refractivity contribution in [2.75, 3.05) is 19.0 Å². The van der Waals surface area contributed by atoms with Crippen molar-refractivity contribution in [2.45, 2.75) is 0 Å². The molecule has 3 rings (SSSR count). The number of non-ortho nitro benzene ring substituents is 1. The number of thiophene rings is 1. The summed E-state index contributed by atoms with van der Waals surface area (Å²) in [5.74, 6) is -1.75. The molecule has 2 aromatic carbocycles. The van der Waals surface area contributed by atoms with Gasteiger partial charge in [-0.15, -0.1) is 11.3 Å². The van der Waals surface area contributed by atoms with E-state index in [0.717, 1.165) is 11.3 Å². The van der Waals surface area contributed by atoms with Crippen LogP contribution in [-0.2, 0) is 14.3 Å². The Morgan fingerprint density at radius 2 is 1.79 bits per heavy atom. The Morgan fingerprint density at radius 3 is 2.45 bits per heavy atom. The van der Waals surface area contributed by atoms with E-state index in [1.165, 1.54) is 49.6 Å². The van der Waals surface area contributed by atoms with Gasteiger partial charge < -0.3 is 14.8 Å². The van der Waals surface area contributed by atoms with Gasteiger partial charge in [-0.05, 0) is 36.4 Å². The highest BCUT2D eigenvalue weighted by Gasteiger charge is 2.16. The van der Waals surface area contributed by atoms with E-state index in [1.54, 1.807) is 6.07 Å². The Kier molecular flexibility index (Phi) is 5.84. The van der Waals surface area contributed by atoms with E-state index in [0.29, 0.717) is 21.3 Å². The van der Waals surface area contributed by atoms with E-state index in [-0.39, 0.29) is 10.6 Å². The third-order valence-corrected chi connectivity index (χ3v) is 4.93. The zero-order chi connectivity index (χ0) is 21.0. The van der Waals surface area contributed by atoms with Crippen LogP contribution < -0.4 is 5.32 Å². The van der Waals surface area contributed by atoms with Crippen molar-refractivity contribution in [1.29, 1.82) is 0 Å². The first-order chi connectivity index (χ1) is 13.9. The van der Waals surface area contributed by atoms with Gasteiger partial charge in [0, 0.05) is 27.9 Å². The van der Waals surface area contributed by atoms with E-state index in [2.05, 4.69) is 10.1 Å². The molecule has 1 aromatic heterocycles. The molecule has 0 radical (unpaired) electrons. The Morgan fingerprint density at radius 1 is 1.07 bits per heavy atom. The maximum atomic E-state index is 12.2. The number of carbonyl (C=O) groups is 3. The summed E-state index contributed by atoms with van der Waals surface area (Å²) in [6, 6.07) is 11.8. The first kappa shape index (κ1) is 20.0. The molecule has 0 aliphatic carbocycles. The predicted molar refractivity (Wildman–Crippen MR) is 105 cm³/mol. The number of hydrogen-bond donors (Lipinski definition) is 1. The van der Waals surface area contributed by atoms with Crippen molar-refractivity contribution in [1.82, 2.24) is 0 Å². The quantitative estimate of drug-likeness (QED) is 0.372. The minimum atomic E-state index is -0.704. The van der Waals surface area contributed by atoms with Crippen LogP contribution in [0.5, 0.6) is 0 Å². The fraction of sp³-hybridized carbons (Fsp3) is 0.105. The topological polar surface area (TPSA) is 125 Å². The Balaban J connectivity index is 1.58. The van der Waals surface area contributed by atoms with Gasteiger partial charge in [0.1, 0.15) is 4.88 Å². The molecule has 0 unspecified atom stereocenters. The molecule has 148 valence electrons. The standard InChI is InChI=1S/C19H14N2O7S/c1-27-18(23)11-2-4-13(5-3-11)20-17(22)10-28-19(24)16-9-12-8-14(21(25)26)6-7-15(12)29-16/h2-9H,10H2,1H3,(H,20,22). The van der Waals surface area contributed by atoms with Gasteiger partial charge in [0.05, 0.1) is 17.6 Å². The van der Waals surface area contributed by atoms with Crippen LogP contribution in [-0.4, -0.2) is 36.5 Å². The minimum Gasteiger partial charge on any atom is -0.465 e. The number of esters is 2. The number of benzene rings is 2. The maximum absolute atomic E-state index is 12.2. The lowest BCUT2D eigenvalue weighted by Gasteiger charge is -2.06. The number of nitrogens with one attached hydrogen (secondary N) is 1. The molecule has 10 heteroatoms. The van der Waals surface area contributed by atoms with Crippen LogP contribution in [0.25, 0.3) is 10.1 Å². The van der Waals surface area contributed by atoms with Crippen molar-refractivity contribution in [3.05, 3.63) is 69.1 Å². The molecule has 0 bridgehead atoms. The van der Waals surface area contributed by atoms with Gasteiger partial charge in [-0.1, -0.05) is 0 Å². The third-order valence-electron chi connectivity index (χ3n) is 3.84. The van der Waals surface area contributed by atoms with Crippen LogP contribution in [0.3, 0.4) is 0 Å². The van der Waals surface area contributed by atoms with Gasteiger partial charge in [0.2, 0.25) is 0 Å². The SMILES string of the molecule is COC(=O)c1ccc(NC(=O)COC(=O)c2cc3cc([N+](=O)[O-])ccc3s2)cc1. The van der Waals surface area contributed by atoms with E-state index >= 15 is 0 Å². The van der Waals surface area contributed by atoms with Crippen molar-refractivity contribution in [3.8, 4) is 0 Å². The molecule has 0 saturated carbocycles. The molecular formula is C19H14N2O7S. The number of nitro benzene ring substituents is 1. The summed E-state index contributed by atoms with van der Waals surface area (Å²) in [6.07, 6.45) is 0. The van der Waals surface area contributed by atoms with Crippen molar-refractivity contribution in [2.24, 2.45) is 0 Å². The van der Waals surface area contributed by atoms with Gasteiger partial charge in [-0.25, -0.2) is 9.59 Å². The molecule has 0 saturated heterocycles. The maximum Gasteiger partial charge on any atom is 0.348 e. The van der Waals surface area contributed by atoms with E-state index < -0.39 is 29.4 Å². The smallest absolute Gasteiger partial charge is 0.348 e. The normalized spacial score (nSPS) is 10.4. The lowest BCUT2D eigenvalue weighted by molar-refractivity contribution is -0.384. The Hall–Kier alpha value is -3.79. The summed E-state index contributed by atoms with van der Waals surface area (Å²) in [6.45, 7) is -0.508. The van der Waals surface area contributed by atoms with Crippen LogP contribution in [0.1, 0.15) is 20.0 Å². The molecule has 1 N–H and O–H groups in total. The number of ether oxygens (including phenoxy) is 2. The fourth-order valence-electron chi connectivity index (χ4n) is 2.45. The number of hydrogen-bond acceptors (Lipinski definition) is 8. The second kappa shape index (κ2) is 8.48. The molecule has 3 aromatic rings. The van der Waals surface area contributed by atoms with E-state index in [1.807, 2.05) is 0 Å². The molecule has 29 heavy (non-hydrogen) atoms. The highest BCUT2D eigenvalue weighted by atomic mass is 32.1. The molecule has 0 fully saturated rings. The van der Waals surface area contributed by atoms with Crippen LogP contribution >= 0.6 is 11.3 Å². The lowest BCUT2D eigenvalue weighted by atomic mass is 10.2. The summed E-state index contributed by atoms with van der Waals surface area (Å²) in [5.41, 5.74) is 0.683. The average Bonchev–Trinajstić information content (AvgIpc) is 3.15. The lowest BCUT2D eigenvalue weighted by Crippen LogP contribution is -2.20. The molecule has 0 spiro atoms. The molecular weight excluding hydrogens is 400 g/mol. The van der Waals surface area contributed by atoms with Crippen LogP contribution in [0, 0.1) is 10.1 Å². The van der Waals surface area contributed by atoms with Gasteiger partial charge in [0.15, 0.2) is 6.61 Å². The highest BCUT2D eigenvalue weighted by Crippen LogP contribution is 2.29. The highest BCUT2D eigenvalue weighted by molar-refractivity contribution is 7.20. The van der Waals surface area contributed by atoms with Crippen molar-refractivity contribution in [3.63, 3.8) is 0 Å². The Labute approximate surface area is 168 Å². The number of rotatable bonds is 6. The van der Waals surface area contributed by atoms with Crippen LogP contribution in [0.15, 0.2) is 48.5 Å². The van der Waals surface area contributed by atoms with Gasteiger partial charge >= 0.3 is 11.9 Å². The molecule has 1 heterocycles. The first-order valence-corrected chi connectivity index (χ1v) is 9.02. The van der Waals surface area contributed by atoms with Gasteiger partial charge in [0.25, 0.3) is 11.6 Å². The number of amides is 1. The van der Waals surface area contributed by atoms with Crippen molar-refractivity contribution < 1.29 is 28.8 Å². The summed E-state index contributed by atoms with van der Waals surface area (Å²) in [5, 5.41) is 13.9. The number of methoxy groups -OCH3 is 1. The zero-order valence-corrected chi connectivity index (χ0v) is 15.9. The number of anilines is 1. The molecule has 0 aliphatic heterocycles. The summed E-state index contributed by atoms with van der Waals surface area (Å²) >= 11 is 1.12. The first-order valence-electron chi connectivity index (χ1n) is 8.20. The average molecular weight is 414 g/mol. The molecule has 0 aliphatic rings. The summed E-state index contributed by atoms with van der Waals surface area (Å²) in [4.78, 5) is 46.1. The third kappa shape index (κ3) is 4.74.